The van der Waals surface area contributed by atoms with Gasteiger partial charge in [0, 0.05) is 49.7 Å². The minimum absolute atomic E-state index is 0. The predicted octanol–water partition coefficient (Wildman–Crippen LogP) is 4.15. The average molecular weight is 520 g/mol. The highest BCUT2D eigenvalue weighted by Crippen LogP contribution is 2.24. The maximum Gasteiger partial charge on any atom is 0.191 e. The van der Waals surface area contributed by atoms with Gasteiger partial charge in [-0.25, -0.2) is 4.98 Å². The van der Waals surface area contributed by atoms with Crippen molar-refractivity contribution in [3.63, 3.8) is 0 Å². The molecule has 1 aliphatic heterocycles. The maximum atomic E-state index is 4.76. The van der Waals surface area contributed by atoms with E-state index in [1.807, 2.05) is 17.5 Å². The maximum absolute atomic E-state index is 4.76. The third-order valence-corrected chi connectivity index (χ3v) is 6.67. The van der Waals surface area contributed by atoms with Gasteiger partial charge in [-0.2, -0.15) is 0 Å². The molecular formula is C19H30IN5S2. The summed E-state index contributed by atoms with van der Waals surface area (Å²) in [5.41, 5.74) is 0. The third-order valence-electron chi connectivity index (χ3n) is 4.54. The van der Waals surface area contributed by atoms with E-state index in [1.165, 1.54) is 14.9 Å². The van der Waals surface area contributed by atoms with Crippen LogP contribution in [0.1, 0.15) is 36.6 Å². The number of thiophene rings is 1. The quantitative estimate of drug-likeness (QED) is 0.328. The van der Waals surface area contributed by atoms with Crippen LogP contribution in [0.5, 0.6) is 0 Å². The fourth-order valence-electron chi connectivity index (χ4n) is 3.10. The van der Waals surface area contributed by atoms with Crippen LogP contribution in [0.15, 0.2) is 28.7 Å². The molecule has 0 spiro atoms. The van der Waals surface area contributed by atoms with Gasteiger partial charge in [0.2, 0.25) is 0 Å². The van der Waals surface area contributed by atoms with Crippen molar-refractivity contribution in [3.05, 3.63) is 33.6 Å². The largest absolute Gasteiger partial charge is 0.363 e. The molecule has 3 heterocycles. The van der Waals surface area contributed by atoms with Crippen LogP contribution < -0.4 is 15.5 Å². The highest BCUT2D eigenvalue weighted by Gasteiger charge is 2.20. The number of nitrogens with one attached hydrogen (secondary N) is 2. The Morgan fingerprint density at radius 2 is 2.15 bits per heavy atom. The number of anilines is 1. The Bertz CT molecular complexity index is 678. The first-order valence-electron chi connectivity index (χ1n) is 9.55. The van der Waals surface area contributed by atoms with E-state index in [2.05, 4.69) is 51.9 Å². The molecule has 1 fully saturated rings. The molecule has 0 unspecified atom stereocenters. The van der Waals surface area contributed by atoms with E-state index in [0.717, 1.165) is 57.8 Å². The molecule has 0 amide bonds. The number of aliphatic imine (C=N–C) groups is 1. The number of piperidine rings is 1. The fourth-order valence-corrected chi connectivity index (χ4v) is 4.73. The van der Waals surface area contributed by atoms with Crippen LogP contribution in [0.4, 0.5) is 5.00 Å². The molecular weight excluding hydrogens is 489 g/mol. The van der Waals surface area contributed by atoms with Gasteiger partial charge in [0.1, 0.15) is 0 Å². The minimum Gasteiger partial charge on any atom is -0.363 e. The van der Waals surface area contributed by atoms with Gasteiger partial charge in [0.15, 0.2) is 5.96 Å². The van der Waals surface area contributed by atoms with E-state index >= 15 is 0 Å². The van der Waals surface area contributed by atoms with E-state index in [-0.39, 0.29) is 24.0 Å². The summed E-state index contributed by atoms with van der Waals surface area (Å²) in [6, 6.07) is 4.84. The number of guanidine groups is 1. The molecule has 150 valence electrons. The Balaban J connectivity index is 0.00000261. The summed E-state index contributed by atoms with van der Waals surface area (Å²) in [4.78, 5) is 13.1. The summed E-state index contributed by atoms with van der Waals surface area (Å²) in [5, 5.41) is 11.7. The van der Waals surface area contributed by atoms with Gasteiger partial charge in [-0.05, 0) is 43.7 Å². The van der Waals surface area contributed by atoms with Crippen molar-refractivity contribution in [1.29, 1.82) is 0 Å². The Morgan fingerprint density at radius 3 is 2.78 bits per heavy atom. The second-order valence-corrected chi connectivity index (χ2v) is 8.57. The summed E-state index contributed by atoms with van der Waals surface area (Å²) in [6.45, 7) is 8.17. The van der Waals surface area contributed by atoms with Crippen LogP contribution in [0.25, 0.3) is 0 Å². The van der Waals surface area contributed by atoms with Crippen molar-refractivity contribution in [3.8, 4) is 0 Å². The van der Waals surface area contributed by atoms with Crippen LogP contribution in [0, 0.1) is 0 Å². The third kappa shape index (κ3) is 6.90. The Labute approximate surface area is 187 Å². The van der Waals surface area contributed by atoms with Gasteiger partial charge in [0.25, 0.3) is 0 Å². The molecule has 0 aliphatic carbocycles. The van der Waals surface area contributed by atoms with E-state index < -0.39 is 0 Å². The molecule has 5 nitrogen and oxygen atoms in total. The van der Waals surface area contributed by atoms with Crippen molar-refractivity contribution in [2.45, 2.75) is 45.6 Å². The van der Waals surface area contributed by atoms with Crippen molar-refractivity contribution in [2.75, 3.05) is 31.1 Å². The van der Waals surface area contributed by atoms with Crippen LogP contribution >= 0.6 is 46.7 Å². The average Bonchev–Trinajstić information content (AvgIpc) is 3.34. The Morgan fingerprint density at radius 1 is 1.33 bits per heavy atom. The molecule has 0 aromatic carbocycles. The lowest BCUT2D eigenvalue weighted by molar-refractivity contribution is 0.463. The summed E-state index contributed by atoms with van der Waals surface area (Å²) < 4.78 is 0. The van der Waals surface area contributed by atoms with E-state index in [0.29, 0.717) is 6.04 Å². The van der Waals surface area contributed by atoms with Gasteiger partial charge < -0.3 is 15.5 Å². The number of thiazole rings is 1. The highest BCUT2D eigenvalue weighted by atomic mass is 127. The van der Waals surface area contributed by atoms with Crippen molar-refractivity contribution in [1.82, 2.24) is 15.6 Å². The van der Waals surface area contributed by atoms with Gasteiger partial charge >= 0.3 is 0 Å². The van der Waals surface area contributed by atoms with Crippen LogP contribution in [-0.4, -0.2) is 43.2 Å². The van der Waals surface area contributed by atoms with Crippen molar-refractivity contribution in [2.24, 2.45) is 4.99 Å². The molecule has 0 saturated carbocycles. The van der Waals surface area contributed by atoms with E-state index in [1.54, 1.807) is 11.3 Å². The van der Waals surface area contributed by atoms with Crippen LogP contribution in [0.2, 0.25) is 0 Å². The van der Waals surface area contributed by atoms with Gasteiger partial charge in [0.05, 0.1) is 10.0 Å². The molecule has 1 saturated heterocycles. The molecule has 0 radical (unpaired) electrons. The first kappa shape index (κ1) is 22.4. The van der Waals surface area contributed by atoms with Gasteiger partial charge in [-0.1, -0.05) is 6.92 Å². The van der Waals surface area contributed by atoms with Gasteiger partial charge in [-0.3, -0.25) is 4.99 Å². The molecule has 0 bridgehead atoms. The molecule has 8 heteroatoms. The molecule has 27 heavy (non-hydrogen) atoms. The number of aryl methyl sites for hydroxylation is 1. The molecule has 1 aliphatic rings. The fraction of sp³-hybridized carbons (Fsp3) is 0.579. The zero-order valence-corrected chi connectivity index (χ0v) is 20.1. The highest BCUT2D eigenvalue weighted by molar-refractivity contribution is 14.0. The lowest BCUT2D eigenvalue weighted by Gasteiger charge is -2.33. The SMILES string of the molecule is CCNC(=NCCc1ncc(CC)s1)NC1CCN(c2cccs2)CC1.I. The first-order chi connectivity index (χ1) is 12.8. The zero-order valence-electron chi connectivity index (χ0n) is 16.1. The lowest BCUT2D eigenvalue weighted by atomic mass is 10.1. The van der Waals surface area contributed by atoms with E-state index in [9.17, 15) is 0 Å². The second kappa shape index (κ2) is 11.9. The van der Waals surface area contributed by atoms with Crippen molar-refractivity contribution < 1.29 is 0 Å². The number of halogens is 1. The van der Waals surface area contributed by atoms with Crippen LogP contribution in [0.3, 0.4) is 0 Å². The summed E-state index contributed by atoms with van der Waals surface area (Å²) in [5.74, 6) is 0.939. The number of hydrogen-bond acceptors (Lipinski definition) is 5. The van der Waals surface area contributed by atoms with Gasteiger partial charge in [-0.15, -0.1) is 46.7 Å². The molecule has 2 N–H and O–H groups in total. The molecule has 2 aromatic heterocycles. The van der Waals surface area contributed by atoms with Crippen molar-refractivity contribution >= 4 is 57.6 Å². The standard InChI is InChI=1S/C19H29N5S2.HI/c1-3-16-14-22-17(26-16)7-10-21-19(20-4-2)23-15-8-11-24(12-9-15)18-6-5-13-25-18;/h5-6,13-15H,3-4,7-12H2,1-2H3,(H2,20,21,23);1H. The second-order valence-electron chi connectivity index (χ2n) is 6.44. The Kier molecular flexibility index (Phi) is 9.84. The number of aromatic nitrogens is 1. The van der Waals surface area contributed by atoms with Crippen LogP contribution in [-0.2, 0) is 12.8 Å². The molecule has 2 aromatic rings. The smallest absolute Gasteiger partial charge is 0.191 e. The topological polar surface area (TPSA) is 52.6 Å². The predicted molar refractivity (Wildman–Crippen MR) is 129 cm³/mol. The first-order valence-corrected chi connectivity index (χ1v) is 11.2. The Hall–Kier alpha value is -0.870. The molecule has 0 atom stereocenters. The summed E-state index contributed by atoms with van der Waals surface area (Å²) in [6.07, 6.45) is 6.27. The minimum atomic E-state index is 0. The van der Waals surface area contributed by atoms with E-state index in [4.69, 9.17) is 4.99 Å². The normalized spacial score (nSPS) is 15.5. The molecule has 3 rings (SSSR count). The number of nitrogens with zero attached hydrogens (tertiary/aromatic N) is 3. The zero-order chi connectivity index (χ0) is 18.2. The summed E-state index contributed by atoms with van der Waals surface area (Å²) in [7, 11) is 0. The summed E-state index contributed by atoms with van der Waals surface area (Å²) >= 11 is 3.64. The lowest BCUT2D eigenvalue weighted by Crippen LogP contribution is -2.48. The number of rotatable bonds is 7. The number of hydrogen-bond donors (Lipinski definition) is 2. The monoisotopic (exact) mass is 519 g/mol.